The Morgan fingerprint density at radius 1 is 1.42 bits per heavy atom. The average molecular weight is 380 g/mol. The second-order valence-corrected chi connectivity index (χ2v) is 6.23. The van der Waals surface area contributed by atoms with E-state index in [1.165, 1.54) is 11.0 Å². The van der Waals surface area contributed by atoms with E-state index in [9.17, 15) is 14.9 Å². The van der Waals surface area contributed by atoms with Crippen molar-refractivity contribution in [1.29, 1.82) is 0 Å². The minimum atomic E-state index is -0.432. The van der Waals surface area contributed by atoms with E-state index in [0.717, 1.165) is 25.9 Å². The van der Waals surface area contributed by atoms with Crippen molar-refractivity contribution in [2.45, 2.75) is 25.4 Å². The Labute approximate surface area is 157 Å². The van der Waals surface area contributed by atoms with Crippen molar-refractivity contribution in [2.75, 3.05) is 20.1 Å². The Morgan fingerprint density at radius 3 is 2.88 bits per heavy atom. The summed E-state index contributed by atoms with van der Waals surface area (Å²) in [4.78, 5) is 24.7. The van der Waals surface area contributed by atoms with Crippen molar-refractivity contribution in [3.63, 3.8) is 0 Å². The van der Waals surface area contributed by atoms with E-state index in [0.29, 0.717) is 11.3 Å². The van der Waals surface area contributed by atoms with Gasteiger partial charge in [0.1, 0.15) is 5.69 Å². The van der Waals surface area contributed by atoms with Crippen molar-refractivity contribution in [3.05, 3.63) is 57.9 Å². The molecular formula is C17H22ClN5O3. The lowest BCUT2D eigenvalue weighted by atomic mass is 10.1. The number of aromatic nitrogens is 2. The molecule has 1 amide bonds. The highest BCUT2D eigenvalue weighted by atomic mass is 35.5. The molecule has 26 heavy (non-hydrogen) atoms. The van der Waals surface area contributed by atoms with Gasteiger partial charge in [-0.1, -0.05) is 18.2 Å². The number of carbonyl (C=O) groups excluding carboxylic acids is 1. The SMILES string of the molecule is CN(Cc1ccccc1[N+](=O)[O-])C(=O)c1ccn(C2CCCNC2)n1.Cl. The van der Waals surface area contributed by atoms with Crippen molar-refractivity contribution in [3.8, 4) is 0 Å². The maximum Gasteiger partial charge on any atom is 0.274 e. The Balaban J connectivity index is 0.00000243. The van der Waals surface area contributed by atoms with Gasteiger partial charge in [-0.15, -0.1) is 12.4 Å². The molecule has 0 radical (unpaired) electrons. The Hall–Kier alpha value is -2.45. The fraction of sp³-hybridized carbons (Fsp3) is 0.412. The van der Waals surface area contributed by atoms with Crippen LogP contribution in [-0.4, -0.2) is 45.6 Å². The van der Waals surface area contributed by atoms with E-state index in [-0.39, 0.29) is 36.6 Å². The molecular weight excluding hydrogens is 358 g/mol. The van der Waals surface area contributed by atoms with E-state index < -0.39 is 4.92 Å². The molecule has 1 aromatic carbocycles. The maximum atomic E-state index is 12.6. The van der Waals surface area contributed by atoms with Gasteiger partial charge in [0, 0.05) is 31.4 Å². The number of benzene rings is 1. The average Bonchev–Trinajstić information content (AvgIpc) is 3.12. The summed E-state index contributed by atoms with van der Waals surface area (Å²) >= 11 is 0. The van der Waals surface area contributed by atoms with Crippen molar-refractivity contribution in [1.82, 2.24) is 20.0 Å². The first kappa shape index (κ1) is 19.9. The van der Waals surface area contributed by atoms with Crippen LogP contribution in [0.25, 0.3) is 0 Å². The first-order valence-electron chi connectivity index (χ1n) is 8.30. The lowest BCUT2D eigenvalue weighted by molar-refractivity contribution is -0.385. The molecule has 1 aliphatic rings. The van der Waals surface area contributed by atoms with Gasteiger partial charge < -0.3 is 10.2 Å². The number of para-hydroxylation sites is 1. The first-order chi connectivity index (χ1) is 12.1. The smallest absolute Gasteiger partial charge is 0.274 e. The number of rotatable bonds is 5. The minimum Gasteiger partial charge on any atom is -0.336 e. The van der Waals surface area contributed by atoms with E-state index in [2.05, 4.69) is 10.4 Å². The summed E-state index contributed by atoms with van der Waals surface area (Å²) in [6.45, 7) is 2.03. The van der Waals surface area contributed by atoms with Crippen LogP contribution in [-0.2, 0) is 6.54 Å². The van der Waals surface area contributed by atoms with E-state index >= 15 is 0 Å². The number of hydrogen-bond donors (Lipinski definition) is 1. The third kappa shape index (κ3) is 4.39. The van der Waals surface area contributed by atoms with Gasteiger partial charge in [0.25, 0.3) is 11.6 Å². The number of halogens is 1. The molecule has 0 aliphatic carbocycles. The topological polar surface area (TPSA) is 93.3 Å². The van der Waals surface area contributed by atoms with Crippen LogP contribution in [0.3, 0.4) is 0 Å². The Bertz CT molecular complexity index is 773. The maximum absolute atomic E-state index is 12.6. The van der Waals surface area contributed by atoms with E-state index in [1.807, 2.05) is 10.9 Å². The predicted octanol–water partition coefficient (Wildman–Crippen LogP) is 2.41. The fourth-order valence-corrected chi connectivity index (χ4v) is 3.06. The molecule has 3 rings (SSSR count). The third-order valence-electron chi connectivity index (χ3n) is 4.41. The molecule has 0 bridgehead atoms. The highest BCUT2D eigenvalue weighted by Crippen LogP contribution is 2.20. The molecule has 2 aromatic rings. The monoisotopic (exact) mass is 379 g/mol. The summed E-state index contributed by atoms with van der Waals surface area (Å²) in [6, 6.07) is 8.41. The third-order valence-corrected chi connectivity index (χ3v) is 4.41. The zero-order valence-corrected chi connectivity index (χ0v) is 15.3. The van der Waals surface area contributed by atoms with Gasteiger partial charge in [0.15, 0.2) is 0 Å². The van der Waals surface area contributed by atoms with E-state index in [1.54, 1.807) is 31.3 Å². The predicted molar refractivity (Wildman–Crippen MR) is 99.5 cm³/mol. The Kier molecular flexibility index (Phi) is 6.70. The standard InChI is InChI=1S/C17H21N5O3.ClH/c1-20(12-13-5-2-3-7-16(13)22(24)25)17(23)15-8-10-21(19-15)14-6-4-9-18-11-14;/h2-3,5,7-8,10,14,18H,4,6,9,11-12H2,1H3;1H. The summed E-state index contributed by atoms with van der Waals surface area (Å²) in [5.41, 5.74) is 0.867. The highest BCUT2D eigenvalue weighted by Gasteiger charge is 2.21. The lowest BCUT2D eigenvalue weighted by Crippen LogP contribution is -2.32. The zero-order valence-electron chi connectivity index (χ0n) is 14.5. The van der Waals surface area contributed by atoms with Gasteiger partial charge >= 0.3 is 0 Å². The molecule has 8 nitrogen and oxygen atoms in total. The molecule has 1 unspecified atom stereocenters. The first-order valence-corrected chi connectivity index (χ1v) is 8.30. The highest BCUT2D eigenvalue weighted by molar-refractivity contribution is 5.92. The van der Waals surface area contributed by atoms with Crippen molar-refractivity contribution < 1.29 is 9.72 Å². The van der Waals surface area contributed by atoms with Gasteiger partial charge in [-0.25, -0.2) is 0 Å². The largest absolute Gasteiger partial charge is 0.336 e. The van der Waals surface area contributed by atoms with Crippen LogP contribution in [0, 0.1) is 10.1 Å². The summed E-state index contributed by atoms with van der Waals surface area (Å²) in [6.07, 6.45) is 3.95. The van der Waals surface area contributed by atoms with Gasteiger partial charge in [-0.05, 0) is 25.5 Å². The molecule has 1 aliphatic heterocycles. The Morgan fingerprint density at radius 2 is 2.19 bits per heavy atom. The van der Waals surface area contributed by atoms with Gasteiger partial charge in [0.2, 0.25) is 0 Å². The molecule has 1 atom stereocenters. The number of nitro benzene ring substituents is 1. The van der Waals surface area contributed by atoms with E-state index in [4.69, 9.17) is 0 Å². The van der Waals surface area contributed by atoms with Crippen LogP contribution in [0.5, 0.6) is 0 Å². The molecule has 2 heterocycles. The summed E-state index contributed by atoms with van der Waals surface area (Å²) in [5.74, 6) is -0.249. The number of carbonyl (C=O) groups is 1. The summed E-state index contributed by atoms with van der Waals surface area (Å²) < 4.78 is 1.83. The van der Waals surface area contributed by atoms with Crippen molar-refractivity contribution in [2.24, 2.45) is 0 Å². The van der Waals surface area contributed by atoms with Gasteiger partial charge in [-0.2, -0.15) is 5.10 Å². The molecule has 1 N–H and O–H groups in total. The molecule has 1 aromatic heterocycles. The zero-order chi connectivity index (χ0) is 17.8. The second kappa shape index (κ2) is 8.77. The minimum absolute atomic E-state index is 0. The summed E-state index contributed by atoms with van der Waals surface area (Å²) in [5, 5.41) is 18.8. The molecule has 140 valence electrons. The molecule has 1 fully saturated rings. The normalized spacial score (nSPS) is 16.6. The quantitative estimate of drug-likeness (QED) is 0.636. The fourth-order valence-electron chi connectivity index (χ4n) is 3.06. The lowest BCUT2D eigenvalue weighted by Gasteiger charge is -2.23. The second-order valence-electron chi connectivity index (χ2n) is 6.23. The van der Waals surface area contributed by atoms with Crippen LogP contribution in [0.15, 0.2) is 36.5 Å². The van der Waals surface area contributed by atoms with Gasteiger partial charge in [-0.3, -0.25) is 19.6 Å². The number of hydrogen-bond acceptors (Lipinski definition) is 5. The number of amides is 1. The van der Waals surface area contributed by atoms with Gasteiger partial charge in [0.05, 0.1) is 17.5 Å². The molecule has 9 heteroatoms. The van der Waals surface area contributed by atoms with Crippen LogP contribution < -0.4 is 5.32 Å². The van der Waals surface area contributed by atoms with Crippen molar-refractivity contribution >= 4 is 24.0 Å². The van der Waals surface area contributed by atoms with Crippen LogP contribution in [0.1, 0.15) is 34.9 Å². The number of nitro groups is 1. The molecule has 0 saturated carbocycles. The number of nitrogens with one attached hydrogen (secondary N) is 1. The van der Waals surface area contributed by atoms with Crippen LogP contribution in [0.2, 0.25) is 0 Å². The number of piperidine rings is 1. The molecule has 1 saturated heterocycles. The van der Waals surface area contributed by atoms with Crippen LogP contribution >= 0.6 is 12.4 Å². The van der Waals surface area contributed by atoms with Crippen LogP contribution in [0.4, 0.5) is 5.69 Å². The molecule has 0 spiro atoms. The number of nitrogens with zero attached hydrogens (tertiary/aromatic N) is 4. The summed E-state index contributed by atoms with van der Waals surface area (Å²) in [7, 11) is 1.63.